The Kier molecular flexibility index (Phi) is 8.74. The highest BCUT2D eigenvalue weighted by Crippen LogP contribution is 2.77. The molecule has 4 fully saturated rings. The van der Waals surface area contributed by atoms with Crippen molar-refractivity contribution in [3.05, 3.63) is 90.1 Å². The van der Waals surface area contributed by atoms with Crippen LogP contribution in [0.25, 0.3) is 11.6 Å². The Morgan fingerprint density at radius 1 is 0.980 bits per heavy atom. The maximum absolute atomic E-state index is 14.5. The summed E-state index contributed by atoms with van der Waals surface area (Å²) in [4.78, 5) is 33.9. The second kappa shape index (κ2) is 12.5. The fraction of sp³-hybridized carbons (Fsp3) is 0.578. The Balaban J connectivity index is 1.17. The number of amides is 1. The number of fused-ring (bicyclic) bond motifs is 7. The Hall–Kier alpha value is -3.67. The molecule has 1 amide bonds. The van der Waals surface area contributed by atoms with E-state index in [9.17, 15) is 14.7 Å². The van der Waals surface area contributed by atoms with Gasteiger partial charge in [-0.05, 0) is 145 Å². The normalized spacial score (nSPS) is 38.1. The minimum atomic E-state index is -0.880. The molecule has 51 heavy (non-hydrogen) atoms. The SMILES string of the molecule is C=C/C=C\c1cnc(CNC(=O)C23CCC(C(=C)C)C2C2CCC4C5(C)CC=C(c6ccc(C(=O)O)cc6)C(C)(C)C5CCC4(C)C2(C)CC3)[nH]1. The molecule has 4 saturated carbocycles. The van der Waals surface area contributed by atoms with Crippen molar-refractivity contribution in [3.8, 4) is 0 Å². The predicted molar refractivity (Wildman–Crippen MR) is 205 cm³/mol. The van der Waals surface area contributed by atoms with E-state index in [1.54, 1.807) is 24.4 Å². The molecule has 6 nitrogen and oxygen atoms in total. The molecule has 0 radical (unpaired) electrons. The monoisotopic (exact) mass is 689 g/mol. The lowest BCUT2D eigenvalue weighted by Crippen LogP contribution is -2.66. The van der Waals surface area contributed by atoms with Crippen LogP contribution >= 0.6 is 0 Å². The number of carbonyl (C=O) groups excluding carboxylic acids is 1. The van der Waals surface area contributed by atoms with Crippen LogP contribution in [0.3, 0.4) is 0 Å². The third-order valence-corrected chi connectivity index (χ3v) is 16.0. The van der Waals surface area contributed by atoms with Crippen molar-refractivity contribution in [1.82, 2.24) is 15.3 Å². The number of nitrogens with zero attached hydrogens (tertiary/aromatic N) is 1. The van der Waals surface area contributed by atoms with E-state index in [1.807, 2.05) is 24.3 Å². The van der Waals surface area contributed by atoms with Crippen LogP contribution in [0.15, 0.2) is 67.4 Å². The molecule has 1 heterocycles. The Morgan fingerprint density at radius 2 is 1.73 bits per heavy atom. The summed E-state index contributed by atoms with van der Waals surface area (Å²) >= 11 is 0. The zero-order valence-electron chi connectivity index (χ0n) is 31.8. The van der Waals surface area contributed by atoms with E-state index in [-0.39, 0.29) is 33.0 Å². The molecule has 0 spiro atoms. The van der Waals surface area contributed by atoms with Crippen molar-refractivity contribution in [1.29, 1.82) is 0 Å². The summed E-state index contributed by atoms with van der Waals surface area (Å²) in [6, 6.07) is 7.53. The molecule has 5 aliphatic rings. The maximum Gasteiger partial charge on any atom is 0.335 e. The molecule has 5 aliphatic carbocycles. The van der Waals surface area contributed by atoms with Crippen LogP contribution in [0.2, 0.25) is 0 Å². The second-order valence-electron chi connectivity index (χ2n) is 18.3. The summed E-state index contributed by atoms with van der Waals surface area (Å²) in [6.45, 7) is 23.6. The third-order valence-electron chi connectivity index (χ3n) is 16.0. The number of nitrogens with one attached hydrogen (secondary N) is 2. The largest absolute Gasteiger partial charge is 0.478 e. The van der Waals surface area contributed by atoms with E-state index in [4.69, 9.17) is 0 Å². The minimum Gasteiger partial charge on any atom is -0.478 e. The van der Waals surface area contributed by atoms with Gasteiger partial charge in [-0.1, -0.05) is 83.7 Å². The van der Waals surface area contributed by atoms with E-state index in [0.717, 1.165) is 49.2 Å². The van der Waals surface area contributed by atoms with E-state index < -0.39 is 5.97 Å². The van der Waals surface area contributed by atoms with Gasteiger partial charge in [-0.25, -0.2) is 9.78 Å². The second-order valence-corrected chi connectivity index (χ2v) is 18.3. The fourth-order valence-electron chi connectivity index (χ4n) is 13.5. The molecule has 3 N–H and O–H groups in total. The van der Waals surface area contributed by atoms with Crippen molar-refractivity contribution < 1.29 is 14.7 Å². The van der Waals surface area contributed by atoms with Crippen molar-refractivity contribution in [2.24, 2.45) is 56.7 Å². The van der Waals surface area contributed by atoms with Gasteiger partial charge in [0, 0.05) is 0 Å². The van der Waals surface area contributed by atoms with Gasteiger partial charge >= 0.3 is 5.97 Å². The first-order valence-electron chi connectivity index (χ1n) is 19.4. The predicted octanol–water partition coefficient (Wildman–Crippen LogP) is 10.3. The zero-order chi connectivity index (χ0) is 36.6. The van der Waals surface area contributed by atoms with Gasteiger partial charge in [0.2, 0.25) is 5.91 Å². The van der Waals surface area contributed by atoms with Crippen LogP contribution in [0, 0.1) is 56.7 Å². The highest BCUT2D eigenvalue weighted by molar-refractivity contribution is 5.88. The first kappa shape index (κ1) is 35.7. The number of rotatable bonds is 8. The van der Waals surface area contributed by atoms with Gasteiger partial charge in [-0.3, -0.25) is 4.79 Å². The van der Waals surface area contributed by atoms with Gasteiger partial charge in [0.25, 0.3) is 0 Å². The number of carboxylic acids is 1. The van der Waals surface area contributed by atoms with Crippen molar-refractivity contribution in [2.75, 3.05) is 0 Å². The average Bonchev–Trinajstić information content (AvgIpc) is 3.72. The van der Waals surface area contributed by atoms with Crippen LogP contribution in [0.4, 0.5) is 0 Å². The lowest BCUT2D eigenvalue weighted by molar-refractivity contribution is -0.225. The van der Waals surface area contributed by atoms with Gasteiger partial charge in [0.1, 0.15) is 5.82 Å². The van der Waals surface area contributed by atoms with Gasteiger partial charge in [-0.15, -0.1) is 0 Å². The number of carboxylic acid groups (broad SMARTS) is 1. The maximum atomic E-state index is 14.5. The number of imidazole rings is 1. The summed E-state index contributed by atoms with van der Waals surface area (Å²) in [6.07, 6.45) is 19.7. The van der Waals surface area contributed by atoms with Crippen molar-refractivity contribution in [2.45, 2.75) is 106 Å². The van der Waals surface area contributed by atoms with Crippen molar-refractivity contribution in [3.63, 3.8) is 0 Å². The Bertz CT molecular complexity index is 1800. The number of hydrogen-bond donors (Lipinski definition) is 3. The molecule has 0 aliphatic heterocycles. The standard InChI is InChI=1S/C45H59N3O3/c1-9-10-11-31-26-46-37(48-31)27-47-40(51)45-23-18-32(28(2)3)38(45)34-16-17-36-42(6)21-19-33(29-12-14-30(15-13-29)39(49)50)41(4,5)35(42)20-22-44(36,8)43(34,7)24-25-45/h9-15,19,26,32,34-36,38H,1-2,16-18,20-25,27H2,3-8H3,(H,46,48)(H,47,51)(H,49,50)/b11-10-. The van der Waals surface area contributed by atoms with Gasteiger partial charge in [-0.2, -0.15) is 0 Å². The number of benzene rings is 1. The van der Waals surface area contributed by atoms with E-state index in [0.29, 0.717) is 41.7 Å². The van der Waals surface area contributed by atoms with Gasteiger partial charge < -0.3 is 15.4 Å². The number of allylic oxidation sites excluding steroid dienone is 5. The molecule has 6 heteroatoms. The molecule has 0 bridgehead atoms. The zero-order valence-corrected chi connectivity index (χ0v) is 31.8. The molecule has 9 atom stereocenters. The number of aromatic nitrogens is 2. The molecule has 1 aromatic carbocycles. The molecule has 1 aromatic heterocycles. The van der Waals surface area contributed by atoms with Crippen LogP contribution in [0.5, 0.6) is 0 Å². The third kappa shape index (κ3) is 5.28. The van der Waals surface area contributed by atoms with E-state index in [2.05, 4.69) is 76.1 Å². The Labute approximate surface area is 305 Å². The van der Waals surface area contributed by atoms with Crippen LogP contribution < -0.4 is 5.32 Å². The Morgan fingerprint density at radius 3 is 2.41 bits per heavy atom. The van der Waals surface area contributed by atoms with Gasteiger partial charge in [0.15, 0.2) is 0 Å². The highest BCUT2D eigenvalue weighted by atomic mass is 16.4. The molecule has 0 saturated heterocycles. The van der Waals surface area contributed by atoms with E-state index >= 15 is 0 Å². The number of carbonyl (C=O) groups is 2. The average molecular weight is 690 g/mol. The van der Waals surface area contributed by atoms with Crippen LogP contribution in [0.1, 0.15) is 127 Å². The summed E-state index contributed by atoms with van der Waals surface area (Å²) < 4.78 is 0. The summed E-state index contributed by atoms with van der Waals surface area (Å²) in [5, 5.41) is 12.9. The number of aromatic carboxylic acids is 1. The van der Waals surface area contributed by atoms with Crippen molar-refractivity contribution >= 4 is 23.5 Å². The molecule has 2 aromatic rings. The lowest BCUT2D eigenvalue weighted by atomic mass is 9.32. The fourth-order valence-corrected chi connectivity index (χ4v) is 13.5. The molecule has 272 valence electrons. The van der Waals surface area contributed by atoms with Gasteiger partial charge in [0.05, 0.1) is 29.4 Å². The molecular weight excluding hydrogens is 631 g/mol. The lowest BCUT2D eigenvalue weighted by Gasteiger charge is -2.72. The van der Waals surface area contributed by atoms with Crippen LogP contribution in [-0.4, -0.2) is 27.0 Å². The first-order chi connectivity index (χ1) is 24.1. The minimum absolute atomic E-state index is 0.0240. The number of H-pyrrole nitrogens is 1. The summed E-state index contributed by atoms with van der Waals surface area (Å²) in [5.41, 5.74) is 5.12. The molecule has 9 unspecified atom stereocenters. The van der Waals surface area contributed by atoms with Crippen LogP contribution in [-0.2, 0) is 11.3 Å². The highest BCUT2D eigenvalue weighted by Gasteiger charge is 2.71. The quantitative estimate of drug-likeness (QED) is 0.190. The number of aromatic amines is 1. The summed E-state index contributed by atoms with van der Waals surface area (Å²) in [7, 11) is 0. The topological polar surface area (TPSA) is 95.1 Å². The van der Waals surface area contributed by atoms with E-state index in [1.165, 1.54) is 36.8 Å². The first-order valence-corrected chi connectivity index (χ1v) is 19.4. The summed E-state index contributed by atoms with van der Waals surface area (Å²) in [5.74, 6) is 2.42. The molecule has 7 rings (SSSR count). The molecular formula is C45H59N3O3. The number of hydrogen-bond acceptors (Lipinski definition) is 3. The smallest absolute Gasteiger partial charge is 0.335 e.